The second-order valence-electron chi connectivity index (χ2n) is 4.88. The van der Waals surface area contributed by atoms with Crippen LogP contribution in [0.25, 0.3) is 0 Å². The Morgan fingerprint density at radius 2 is 1.88 bits per heavy atom. The van der Waals surface area contributed by atoms with E-state index in [1.165, 1.54) is 5.56 Å². The van der Waals surface area contributed by atoms with Crippen molar-refractivity contribution in [2.75, 3.05) is 0 Å². The van der Waals surface area contributed by atoms with E-state index in [4.69, 9.17) is 4.52 Å². The summed E-state index contributed by atoms with van der Waals surface area (Å²) in [5.74, 6) is 1.57. The minimum Gasteiger partial charge on any atom is -0.361 e. The first-order valence-electron chi connectivity index (χ1n) is 6.16. The van der Waals surface area contributed by atoms with Gasteiger partial charge in [0.2, 0.25) is 0 Å². The molecule has 92 valence electrons. The fourth-order valence-corrected chi connectivity index (χ4v) is 2.29. The molecule has 0 saturated heterocycles. The zero-order valence-electron chi connectivity index (χ0n) is 11.3. The lowest BCUT2D eigenvalue weighted by molar-refractivity contribution is 0.351. The summed E-state index contributed by atoms with van der Waals surface area (Å²) in [6, 6.07) is 0.849. The van der Waals surface area contributed by atoms with E-state index >= 15 is 0 Å². The fourth-order valence-electron chi connectivity index (χ4n) is 2.29. The summed E-state index contributed by atoms with van der Waals surface area (Å²) >= 11 is 0. The highest BCUT2D eigenvalue weighted by molar-refractivity contribution is 5.24. The van der Waals surface area contributed by atoms with Gasteiger partial charge in [0.15, 0.2) is 0 Å². The van der Waals surface area contributed by atoms with Crippen molar-refractivity contribution in [3.63, 3.8) is 0 Å². The van der Waals surface area contributed by atoms with Crippen LogP contribution in [0, 0.1) is 19.8 Å². The van der Waals surface area contributed by atoms with E-state index in [-0.39, 0.29) is 0 Å². The normalized spacial score (nSPS) is 15.4. The van der Waals surface area contributed by atoms with Crippen molar-refractivity contribution in [1.82, 2.24) is 10.5 Å². The first kappa shape index (κ1) is 13.2. The molecule has 16 heavy (non-hydrogen) atoms. The van der Waals surface area contributed by atoms with E-state index in [9.17, 15) is 0 Å². The van der Waals surface area contributed by atoms with Crippen molar-refractivity contribution in [2.24, 2.45) is 5.92 Å². The first-order chi connectivity index (χ1) is 7.47. The smallest absolute Gasteiger partial charge is 0.138 e. The van der Waals surface area contributed by atoms with Gasteiger partial charge in [0, 0.05) is 17.6 Å². The van der Waals surface area contributed by atoms with Crippen molar-refractivity contribution in [3.05, 3.63) is 17.0 Å². The maximum absolute atomic E-state index is 5.20. The van der Waals surface area contributed by atoms with Gasteiger partial charge >= 0.3 is 0 Å². The maximum Gasteiger partial charge on any atom is 0.138 e. The third-order valence-corrected chi connectivity index (χ3v) is 3.23. The van der Waals surface area contributed by atoms with Crippen LogP contribution >= 0.6 is 0 Å². The Morgan fingerprint density at radius 3 is 2.25 bits per heavy atom. The number of aromatic nitrogens is 1. The predicted octanol–water partition coefficient (Wildman–Crippen LogP) is 3.38. The van der Waals surface area contributed by atoms with Crippen LogP contribution in [0.15, 0.2) is 4.52 Å². The third kappa shape index (κ3) is 2.85. The summed E-state index contributed by atoms with van der Waals surface area (Å²) in [4.78, 5) is 0. The average Bonchev–Trinajstić information content (AvgIpc) is 2.54. The number of nitrogens with zero attached hydrogens (tertiary/aromatic N) is 1. The minimum absolute atomic E-state index is 0.304. The molecule has 0 aliphatic rings. The molecule has 1 rings (SSSR count). The topological polar surface area (TPSA) is 38.1 Å². The SMILES string of the molecule is CCC(NC(C)c1c(C)noc1C)C(C)C. The molecular formula is C13H24N2O. The number of hydrogen-bond acceptors (Lipinski definition) is 3. The van der Waals surface area contributed by atoms with Gasteiger partial charge in [-0.1, -0.05) is 25.9 Å². The van der Waals surface area contributed by atoms with Gasteiger partial charge < -0.3 is 9.84 Å². The van der Waals surface area contributed by atoms with Crippen LogP contribution in [-0.4, -0.2) is 11.2 Å². The molecule has 1 heterocycles. The Bertz CT molecular complexity index is 311. The third-order valence-electron chi connectivity index (χ3n) is 3.23. The van der Waals surface area contributed by atoms with Gasteiger partial charge in [0.25, 0.3) is 0 Å². The summed E-state index contributed by atoms with van der Waals surface area (Å²) in [7, 11) is 0. The van der Waals surface area contributed by atoms with Crippen molar-refractivity contribution >= 4 is 0 Å². The lowest BCUT2D eigenvalue weighted by Gasteiger charge is -2.25. The van der Waals surface area contributed by atoms with Crippen LogP contribution in [0.1, 0.15) is 57.2 Å². The summed E-state index contributed by atoms with van der Waals surface area (Å²) in [5.41, 5.74) is 2.20. The Hall–Kier alpha value is -0.830. The van der Waals surface area contributed by atoms with Crippen LogP contribution in [-0.2, 0) is 0 Å². The van der Waals surface area contributed by atoms with Crippen molar-refractivity contribution in [1.29, 1.82) is 0 Å². The molecule has 0 aromatic carbocycles. The van der Waals surface area contributed by atoms with Gasteiger partial charge in [0.05, 0.1) is 5.69 Å². The molecule has 0 spiro atoms. The summed E-state index contributed by atoms with van der Waals surface area (Å²) in [6.45, 7) is 12.9. The molecule has 0 aliphatic heterocycles. The van der Waals surface area contributed by atoms with Gasteiger partial charge in [0.1, 0.15) is 5.76 Å². The van der Waals surface area contributed by atoms with E-state index in [0.717, 1.165) is 17.9 Å². The number of hydrogen-bond donors (Lipinski definition) is 1. The molecule has 0 aliphatic carbocycles. The van der Waals surface area contributed by atoms with Gasteiger partial charge in [-0.05, 0) is 33.1 Å². The molecular weight excluding hydrogens is 200 g/mol. The number of nitrogens with one attached hydrogen (secondary N) is 1. The standard InChI is InChI=1S/C13H24N2O/c1-7-12(8(2)3)14-9(4)13-10(5)15-16-11(13)6/h8-9,12,14H,7H2,1-6H3. The van der Waals surface area contributed by atoms with Crippen molar-refractivity contribution in [2.45, 2.75) is 60.0 Å². The Labute approximate surface area is 98.6 Å². The largest absolute Gasteiger partial charge is 0.361 e. The van der Waals surface area contributed by atoms with Crippen LogP contribution in [0.3, 0.4) is 0 Å². The second kappa shape index (κ2) is 5.48. The quantitative estimate of drug-likeness (QED) is 0.833. The van der Waals surface area contributed by atoms with E-state index < -0.39 is 0 Å². The van der Waals surface area contributed by atoms with Crippen LogP contribution < -0.4 is 5.32 Å². The highest BCUT2D eigenvalue weighted by Crippen LogP contribution is 2.22. The average molecular weight is 224 g/mol. The van der Waals surface area contributed by atoms with Crippen LogP contribution in [0.2, 0.25) is 0 Å². The van der Waals surface area contributed by atoms with Crippen LogP contribution in [0.5, 0.6) is 0 Å². The van der Waals surface area contributed by atoms with Gasteiger partial charge in [-0.25, -0.2) is 0 Å². The molecule has 0 saturated carbocycles. The molecule has 0 fully saturated rings. The van der Waals surface area contributed by atoms with Gasteiger partial charge in [-0.15, -0.1) is 0 Å². The first-order valence-corrected chi connectivity index (χ1v) is 6.16. The van der Waals surface area contributed by atoms with E-state index in [2.05, 4.69) is 38.2 Å². The molecule has 1 N–H and O–H groups in total. The minimum atomic E-state index is 0.304. The van der Waals surface area contributed by atoms with E-state index in [1.54, 1.807) is 0 Å². The highest BCUT2D eigenvalue weighted by atomic mass is 16.5. The van der Waals surface area contributed by atoms with Crippen LogP contribution in [0.4, 0.5) is 0 Å². The molecule has 1 aromatic heterocycles. The zero-order valence-corrected chi connectivity index (χ0v) is 11.3. The summed E-state index contributed by atoms with van der Waals surface area (Å²) in [6.07, 6.45) is 1.14. The molecule has 2 atom stereocenters. The molecule has 1 aromatic rings. The zero-order chi connectivity index (χ0) is 12.3. The van der Waals surface area contributed by atoms with E-state index in [0.29, 0.717) is 18.0 Å². The fraction of sp³-hybridized carbons (Fsp3) is 0.769. The molecule has 3 heteroatoms. The molecule has 2 unspecified atom stereocenters. The van der Waals surface area contributed by atoms with E-state index in [1.807, 2.05) is 13.8 Å². The Kier molecular flexibility index (Phi) is 4.54. The van der Waals surface area contributed by atoms with Gasteiger partial charge in [-0.3, -0.25) is 0 Å². The lowest BCUT2D eigenvalue weighted by Crippen LogP contribution is -2.35. The Morgan fingerprint density at radius 1 is 1.25 bits per heavy atom. The second-order valence-corrected chi connectivity index (χ2v) is 4.88. The monoisotopic (exact) mass is 224 g/mol. The predicted molar refractivity (Wildman–Crippen MR) is 66.4 cm³/mol. The summed E-state index contributed by atoms with van der Waals surface area (Å²) in [5, 5.41) is 7.65. The lowest BCUT2D eigenvalue weighted by atomic mass is 9.98. The number of aryl methyl sites for hydroxylation is 2. The molecule has 0 radical (unpaired) electrons. The maximum atomic E-state index is 5.20. The molecule has 0 bridgehead atoms. The van der Waals surface area contributed by atoms with Crippen molar-refractivity contribution in [3.8, 4) is 0 Å². The highest BCUT2D eigenvalue weighted by Gasteiger charge is 2.20. The number of rotatable bonds is 5. The molecule has 0 amide bonds. The van der Waals surface area contributed by atoms with Gasteiger partial charge in [-0.2, -0.15) is 0 Å². The molecule has 3 nitrogen and oxygen atoms in total. The summed E-state index contributed by atoms with van der Waals surface area (Å²) < 4.78 is 5.20. The Balaban J connectivity index is 2.75. The van der Waals surface area contributed by atoms with Crippen molar-refractivity contribution < 1.29 is 4.52 Å².